The molecule has 5 rings (SSSR count). The van der Waals surface area contributed by atoms with E-state index in [4.69, 9.17) is 0 Å². The molecule has 0 unspecified atom stereocenters. The molecule has 0 bridgehead atoms. The summed E-state index contributed by atoms with van der Waals surface area (Å²) >= 11 is 0. The van der Waals surface area contributed by atoms with Crippen LogP contribution in [0.3, 0.4) is 0 Å². The lowest BCUT2D eigenvalue weighted by Gasteiger charge is -2.11. The predicted molar refractivity (Wildman–Crippen MR) is 127 cm³/mol. The van der Waals surface area contributed by atoms with Crippen LogP contribution in [-0.2, 0) is 12.7 Å². The van der Waals surface area contributed by atoms with Gasteiger partial charge in [-0.25, -0.2) is 9.67 Å². The van der Waals surface area contributed by atoms with Crippen LogP contribution in [0, 0.1) is 25.2 Å². The molecule has 0 radical (unpaired) electrons. The second-order valence-electron chi connectivity index (χ2n) is 8.36. The Balaban J connectivity index is 1.60. The van der Waals surface area contributed by atoms with Gasteiger partial charge in [0.2, 0.25) is 0 Å². The van der Waals surface area contributed by atoms with Crippen molar-refractivity contribution < 1.29 is 13.2 Å². The van der Waals surface area contributed by atoms with E-state index in [1.807, 2.05) is 66.9 Å². The average Bonchev–Trinajstić information content (AvgIpc) is 3.40. The molecular weight excluding hydrogens is 451 g/mol. The van der Waals surface area contributed by atoms with Crippen molar-refractivity contribution in [2.75, 3.05) is 0 Å². The van der Waals surface area contributed by atoms with Crippen molar-refractivity contribution in [3.05, 3.63) is 101 Å². The number of imidazole rings is 1. The van der Waals surface area contributed by atoms with E-state index in [9.17, 15) is 18.4 Å². The maximum absolute atomic E-state index is 13.5. The molecule has 35 heavy (non-hydrogen) atoms. The highest BCUT2D eigenvalue weighted by molar-refractivity contribution is 5.83. The number of rotatable bonds is 4. The molecule has 3 aromatic carbocycles. The summed E-state index contributed by atoms with van der Waals surface area (Å²) < 4.78 is 43.8. The van der Waals surface area contributed by atoms with Gasteiger partial charge in [0.05, 0.1) is 40.6 Å². The molecular formula is C27H20F3N5. The van der Waals surface area contributed by atoms with Gasteiger partial charge in [0.25, 0.3) is 0 Å². The highest BCUT2D eigenvalue weighted by Gasteiger charge is 2.35. The number of aromatic nitrogens is 4. The van der Waals surface area contributed by atoms with E-state index in [1.165, 1.54) is 10.7 Å². The predicted octanol–water partition coefficient (Wildman–Crippen LogP) is 6.44. The minimum atomic E-state index is -4.60. The maximum atomic E-state index is 13.5. The first kappa shape index (κ1) is 22.4. The Morgan fingerprint density at radius 1 is 0.943 bits per heavy atom. The van der Waals surface area contributed by atoms with Crippen LogP contribution in [0.15, 0.2) is 72.8 Å². The van der Waals surface area contributed by atoms with Crippen LogP contribution in [-0.4, -0.2) is 19.3 Å². The fourth-order valence-corrected chi connectivity index (χ4v) is 4.28. The molecule has 174 valence electrons. The van der Waals surface area contributed by atoms with Crippen molar-refractivity contribution in [2.45, 2.75) is 26.6 Å². The van der Waals surface area contributed by atoms with Gasteiger partial charge in [-0.1, -0.05) is 36.4 Å². The molecule has 5 aromatic rings. The summed E-state index contributed by atoms with van der Waals surface area (Å²) in [5, 5.41) is 13.1. The molecule has 0 aliphatic carbocycles. The summed E-state index contributed by atoms with van der Waals surface area (Å²) in [5.74, 6) is 0.675. The second-order valence-corrected chi connectivity index (χ2v) is 8.36. The molecule has 0 aliphatic rings. The summed E-state index contributed by atoms with van der Waals surface area (Å²) in [6.45, 7) is 4.01. The summed E-state index contributed by atoms with van der Waals surface area (Å²) in [6.07, 6.45) is -4.60. The van der Waals surface area contributed by atoms with Crippen LogP contribution < -0.4 is 0 Å². The van der Waals surface area contributed by atoms with Gasteiger partial charge >= 0.3 is 6.18 Å². The number of benzene rings is 3. The third kappa shape index (κ3) is 4.17. The number of fused-ring (bicyclic) bond motifs is 1. The van der Waals surface area contributed by atoms with Gasteiger partial charge in [0.1, 0.15) is 5.82 Å². The number of halogens is 3. The highest BCUT2D eigenvalue weighted by Crippen LogP contribution is 2.31. The van der Waals surface area contributed by atoms with E-state index in [2.05, 4.69) is 10.1 Å². The van der Waals surface area contributed by atoms with Crippen LogP contribution in [0.5, 0.6) is 0 Å². The molecule has 0 saturated heterocycles. The van der Waals surface area contributed by atoms with Crippen molar-refractivity contribution in [1.29, 1.82) is 5.26 Å². The molecule has 0 spiro atoms. The van der Waals surface area contributed by atoms with Crippen molar-refractivity contribution in [3.63, 3.8) is 0 Å². The van der Waals surface area contributed by atoms with Gasteiger partial charge in [-0.05, 0) is 66.9 Å². The Morgan fingerprint density at radius 3 is 2.49 bits per heavy atom. The standard InChI is InChI=1S/C27H20F3N5/c1-17-6-3-4-9-23(17)20-10-11-25-24(13-20)32-18(2)34(25)16-22-14-26(27(28,29)30)33-35(22)21-8-5-7-19(12-21)15-31/h3-14H,16H2,1-2H3. The molecule has 0 aliphatic heterocycles. The Morgan fingerprint density at radius 2 is 1.74 bits per heavy atom. The van der Waals surface area contributed by atoms with E-state index < -0.39 is 11.9 Å². The lowest BCUT2D eigenvalue weighted by Crippen LogP contribution is -2.09. The zero-order chi connectivity index (χ0) is 24.7. The summed E-state index contributed by atoms with van der Waals surface area (Å²) in [4.78, 5) is 4.68. The zero-order valence-electron chi connectivity index (χ0n) is 19.0. The fourth-order valence-electron chi connectivity index (χ4n) is 4.28. The number of hydrogen-bond acceptors (Lipinski definition) is 3. The van der Waals surface area contributed by atoms with Crippen LogP contribution in [0.25, 0.3) is 27.8 Å². The molecule has 8 heteroatoms. The zero-order valence-corrected chi connectivity index (χ0v) is 19.0. The topological polar surface area (TPSA) is 59.4 Å². The first-order valence-corrected chi connectivity index (χ1v) is 10.9. The third-order valence-corrected chi connectivity index (χ3v) is 6.01. The van der Waals surface area contributed by atoms with Crippen molar-refractivity contribution in [2.24, 2.45) is 0 Å². The van der Waals surface area contributed by atoms with Gasteiger partial charge in [-0.2, -0.15) is 23.5 Å². The average molecular weight is 471 g/mol. The van der Waals surface area contributed by atoms with Gasteiger partial charge in [0.15, 0.2) is 5.69 Å². The largest absolute Gasteiger partial charge is 0.435 e. The van der Waals surface area contributed by atoms with Crippen LogP contribution >= 0.6 is 0 Å². The quantitative estimate of drug-likeness (QED) is 0.303. The summed E-state index contributed by atoms with van der Waals surface area (Å²) in [7, 11) is 0. The SMILES string of the molecule is Cc1ccccc1-c1ccc2c(c1)nc(C)n2Cc1cc(C(F)(F)F)nn1-c1cccc(C#N)c1. The molecule has 0 fully saturated rings. The van der Waals surface area contributed by atoms with E-state index >= 15 is 0 Å². The van der Waals surface area contributed by atoms with E-state index in [1.54, 1.807) is 18.2 Å². The molecule has 5 nitrogen and oxygen atoms in total. The lowest BCUT2D eigenvalue weighted by atomic mass is 10.0. The minimum absolute atomic E-state index is 0.131. The van der Waals surface area contributed by atoms with Gasteiger partial charge < -0.3 is 4.57 Å². The van der Waals surface area contributed by atoms with Gasteiger partial charge in [-0.3, -0.25) is 0 Å². The summed E-state index contributed by atoms with van der Waals surface area (Å²) in [6, 6.07) is 23.4. The van der Waals surface area contributed by atoms with Crippen molar-refractivity contribution >= 4 is 11.0 Å². The molecule has 2 aromatic heterocycles. The summed E-state index contributed by atoms with van der Waals surface area (Å²) in [5.41, 5.74) is 4.92. The molecule has 0 saturated carbocycles. The maximum Gasteiger partial charge on any atom is 0.435 e. The number of alkyl halides is 3. The lowest BCUT2D eigenvalue weighted by molar-refractivity contribution is -0.141. The highest BCUT2D eigenvalue weighted by atomic mass is 19.4. The number of aryl methyl sites for hydroxylation is 2. The van der Waals surface area contributed by atoms with Gasteiger partial charge in [0, 0.05) is 0 Å². The first-order chi connectivity index (χ1) is 16.7. The van der Waals surface area contributed by atoms with E-state index in [0.29, 0.717) is 22.8 Å². The first-order valence-electron chi connectivity index (χ1n) is 10.9. The van der Waals surface area contributed by atoms with E-state index in [-0.39, 0.29) is 6.54 Å². The van der Waals surface area contributed by atoms with Gasteiger partial charge in [-0.15, -0.1) is 0 Å². The van der Waals surface area contributed by atoms with Crippen LogP contribution in [0.2, 0.25) is 0 Å². The van der Waals surface area contributed by atoms with Crippen LogP contribution in [0.4, 0.5) is 13.2 Å². The van der Waals surface area contributed by atoms with Crippen LogP contribution in [0.1, 0.15) is 28.3 Å². The Kier molecular flexibility index (Phi) is 5.40. The number of nitrogens with zero attached hydrogens (tertiary/aromatic N) is 5. The molecule has 0 amide bonds. The normalized spacial score (nSPS) is 11.7. The Hall–Kier alpha value is -4.38. The number of nitriles is 1. The Bertz CT molecular complexity index is 1600. The fraction of sp³-hybridized carbons (Fsp3) is 0.148. The van der Waals surface area contributed by atoms with Crippen molar-refractivity contribution in [3.8, 4) is 22.9 Å². The molecule has 0 atom stereocenters. The van der Waals surface area contributed by atoms with Crippen molar-refractivity contribution in [1.82, 2.24) is 19.3 Å². The smallest absolute Gasteiger partial charge is 0.322 e. The monoisotopic (exact) mass is 471 g/mol. The minimum Gasteiger partial charge on any atom is -0.322 e. The number of hydrogen-bond donors (Lipinski definition) is 0. The molecule has 0 N–H and O–H groups in total. The van der Waals surface area contributed by atoms with E-state index in [0.717, 1.165) is 33.8 Å². The third-order valence-electron chi connectivity index (χ3n) is 6.01. The Labute approximate surface area is 199 Å². The molecule has 2 heterocycles. The second kappa shape index (κ2) is 8.44.